The van der Waals surface area contributed by atoms with Crippen molar-refractivity contribution in [1.29, 1.82) is 0 Å². The summed E-state index contributed by atoms with van der Waals surface area (Å²) < 4.78 is 0. The maximum absolute atomic E-state index is 2.38. The van der Waals surface area contributed by atoms with Crippen molar-refractivity contribution in [1.82, 2.24) is 0 Å². The standard InChI is InChI=1S/C19H32/c1-5-8-11-16-19(14-6-2,15-7-3)18-13-10-9-12-17(18)4/h9-10,12-13H,5-8,11,14-16H2,1-4H3. The van der Waals surface area contributed by atoms with E-state index >= 15 is 0 Å². The van der Waals surface area contributed by atoms with Gasteiger partial charge in [0.05, 0.1) is 0 Å². The zero-order valence-corrected chi connectivity index (χ0v) is 13.5. The van der Waals surface area contributed by atoms with Crippen LogP contribution in [0.4, 0.5) is 0 Å². The highest BCUT2D eigenvalue weighted by Crippen LogP contribution is 2.40. The summed E-state index contributed by atoms with van der Waals surface area (Å²) in [7, 11) is 0. The van der Waals surface area contributed by atoms with E-state index in [9.17, 15) is 0 Å². The largest absolute Gasteiger partial charge is 0.0654 e. The van der Waals surface area contributed by atoms with Gasteiger partial charge in [-0.3, -0.25) is 0 Å². The molecule has 19 heavy (non-hydrogen) atoms. The van der Waals surface area contributed by atoms with E-state index < -0.39 is 0 Å². The van der Waals surface area contributed by atoms with Crippen LogP contribution in [0, 0.1) is 6.92 Å². The molecule has 0 saturated carbocycles. The molecular formula is C19H32. The Morgan fingerprint density at radius 3 is 1.95 bits per heavy atom. The Kier molecular flexibility index (Phi) is 7.20. The van der Waals surface area contributed by atoms with Crippen molar-refractivity contribution in [2.45, 2.75) is 84.5 Å². The maximum Gasteiger partial charge on any atom is -0.00445 e. The van der Waals surface area contributed by atoms with Gasteiger partial charge in [0, 0.05) is 0 Å². The topological polar surface area (TPSA) is 0 Å². The molecule has 0 unspecified atom stereocenters. The third-order valence-electron chi connectivity index (χ3n) is 4.43. The molecule has 1 aromatic carbocycles. The summed E-state index contributed by atoms with van der Waals surface area (Å²) in [6.45, 7) is 9.26. The van der Waals surface area contributed by atoms with Gasteiger partial charge in [-0.25, -0.2) is 0 Å². The fourth-order valence-electron chi connectivity index (χ4n) is 3.62. The molecule has 0 saturated heterocycles. The zero-order valence-electron chi connectivity index (χ0n) is 13.5. The Hall–Kier alpha value is -0.780. The predicted molar refractivity (Wildman–Crippen MR) is 86.8 cm³/mol. The Labute approximate surface area is 120 Å². The van der Waals surface area contributed by atoms with Gasteiger partial charge in [-0.05, 0) is 42.7 Å². The smallest absolute Gasteiger partial charge is 0.00445 e. The minimum absolute atomic E-state index is 0.435. The number of unbranched alkanes of at least 4 members (excludes halogenated alkanes) is 2. The second kappa shape index (κ2) is 8.40. The quantitative estimate of drug-likeness (QED) is 0.450. The molecule has 0 aromatic heterocycles. The number of aryl methyl sites for hydroxylation is 1. The first kappa shape index (κ1) is 16.3. The van der Waals surface area contributed by atoms with Crippen LogP contribution in [-0.4, -0.2) is 0 Å². The van der Waals surface area contributed by atoms with Crippen LogP contribution < -0.4 is 0 Å². The van der Waals surface area contributed by atoms with Gasteiger partial charge in [-0.1, -0.05) is 77.1 Å². The van der Waals surface area contributed by atoms with Gasteiger partial charge < -0.3 is 0 Å². The monoisotopic (exact) mass is 260 g/mol. The van der Waals surface area contributed by atoms with Gasteiger partial charge in [0.2, 0.25) is 0 Å². The van der Waals surface area contributed by atoms with E-state index in [0.717, 1.165) is 0 Å². The van der Waals surface area contributed by atoms with E-state index in [4.69, 9.17) is 0 Å². The number of rotatable bonds is 9. The summed E-state index contributed by atoms with van der Waals surface area (Å²) in [4.78, 5) is 0. The zero-order chi connectivity index (χ0) is 14.1. The van der Waals surface area contributed by atoms with Crippen molar-refractivity contribution < 1.29 is 0 Å². The first-order valence-corrected chi connectivity index (χ1v) is 8.26. The van der Waals surface area contributed by atoms with Crippen LogP contribution in [0.15, 0.2) is 24.3 Å². The van der Waals surface area contributed by atoms with Gasteiger partial charge in [0.1, 0.15) is 0 Å². The number of hydrogen-bond acceptors (Lipinski definition) is 0. The first-order chi connectivity index (χ1) is 9.20. The SMILES string of the molecule is CCCCCC(CCC)(CCC)c1ccccc1C. The summed E-state index contributed by atoms with van der Waals surface area (Å²) in [6.07, 6.45) is 10.7. The second-order valence-electron chi connectivity index (χ2n) is 6.05. The molecule has 0 heterocycles. The summed E-state index contributed by atoms with van der Waals surface area (Å²) >= 11 is 0. The molecule has 108 valence electrons. The lowest BCUT2D eigenvalue weighted by molar-refractivity contribution is 0.317. The van der Waals surface area contributed by atoms with Crippen LogP contribution in [0.1, 0.15) is 83.3 Å². The summed E-state index contributed by atoms with van der Waals surface area (Å²) in [5.74, 6) is 0. The van der Waals surface area contributed by atoms with Crippen molar-refractivity contribution in [2.75, 3.05) is 0 Å². The fourth-order valence-corrected chi connectivity index (χ4v) is 3.62. The molecule has 0 spiro atoms. The highest BCUT2D eigenvalue weighted by atomic mass is 14.3. The second-order valence-corrected chi connectivity index (χ2v) is 6.05. The lowest BCUT2D eigenvalue weighted by Crippen LogP contribution is -2.27. The molecular weight excluding hydrogens is 228 g/mol. The van der Waals surface area contributed by atoms with Gasteiger partial charge in [0.25, 0.3) is 0 Å². The first-order valence-electron chi connectivity index (χ1n) is 8.26. The molecule has 0 N–H and O–H groups in total. The van der Waals surface area contributed by atoms with Crippen LogP contribution in [0.25, 0.3) is 0 Å². The molecule has 0 aliphatic carbocycles. The van der Waals surface area contributed by atoms with Gasteiger partial charge in [-0.2, -0.15) is 0 Å². The molecule has 0 atom stereocenters. The maximum atomic E-state index is 2.38. The lowest BCUT2D eigenvalue weighted by Gasteiger charge is -2.36. The van der Waals surface area contributed by atoms with Crippen molar-refractivity contribution >= 4 is 0 Å². The Morgan fingerprint density at radius 1 is 0.789 bits per heavy atom. The molecule has 0 aliphatic rings. The minimum atomic E-state index is 0.435. The fraction of sp³-hybridized carbons (Fsp3) is 0.684. The van der Waals surface area contributed by atoms with E-state index in [1.165, 1.54) is 56.9 Å². The third kappa shape index (κ3) is 4.37. The molecule has 1 rings (SSSR count). The Morgan fingerprint density at radius 2 is 1.42 bits per heavy atom. The van der Waals surface area contributed by atoms with E-state index in [1.54, 1.807) is 5.56 Å². The number of hydrogen-bond donors (Lipinski definition) is 0. The normalized spacial score (nSPS) is 11.8. The van der Waals surface area contributed by atoms with E-state index in [2.05, 4.69) is 52.0 Å². The molecule has 0 nitrogen and oxygen atoms in total. The van der Waals surface area contributed by atoms with Crippen LogP contribution >= 0.6 is 0 Å². The summed E-state index contributed by atoms with van der Waals surface area (Å²) in [5, 5.41) is 0. The predicted octanol–water partition coefficient (Wildman–Crippen LogP) is 6.41. The molecule has 0 heteroatoms. The van der Waals surface area contributed by atoms with Crippen molar-refractivity contribution in [2.24, 2.45) is 0 Å². The number of benzene rings is 1. The van der Waals surface area contributed by atoms with Crippen LogP contribution in [0.5, 0.6) is 0 Å². The van der Waals surface area contributed by atoms with E-state index in [-0.39, 0.29) is 0 Å². The molecule has 0 aliphatic heterocycles. The average molecular weight is 260 g/mol. The highest BCUT2D eigenvalue weighted by Gasteiger charge is 2.30. The van der Waals surface area contributed by atoms with Gasteiger partial charge >= 0.3 is 0 Å². The van der Waals surface area contributed by atoms with Crippen molar-refractivity contribution in [3.63, 3.8) is 0 Å². The third-order valence-corrected chi connectivity index (χ3v) is 4.43. The Bertz CT molecular complexity index is 345. The molecule has 0 amide bonds. The van der Waals surface area contributed by atoms with E-state index in [0.29, 0.717) is 5.41 Å². The molecule has 0 fully saturated rings. The highest BCUT2D eigenvalue weighted by molar-refractivity contribution is 5.33. The molecule has 1 aromatic rings. The minimum Gasteiger partial charge on any atom is -0.0654 e. The summed E-state index contributed by atoms with van der Waals surface area (Å²) in [6, 6.07) is 9.07. The van der Waals surface area contributed by atoms with Gasteiger partial charge in [-0.15, -0.1) is 0 Å². The molecule has 0 radical (unpaired) electrons. The van der Waals surface area contributed by atoms with Crippen molar-refractivity contribution in [3.05, 3.63) is 35.4 Å². The lowest BCUT2D eigenvalue weighted by atomic mass is 9.69. The van der Waals surface area contributed by atoms with Crippen LogP contribution in [0.3, 0.4) is 0 Å². The molecule has 0 bridgehead atoms. The Balaban J connectivity index is 3.03. The van der Waals surface area contributed by atoms with Crippen LogP contribution in [-0.2, 0) is 5.41 Å². The van der Waals surface area contributed by atoms with E-state index in [1.807, 2.05) is 0 Å². The van der Waals surface area contributed by atoms with Crippen LogP contribution in [0.2, 0.25) is 0 Å². The average Bonchev–Trinajstić information content (AvgIpc) is 2.40. The van der Waals surface area contributed by atoms with Crippen molar-refractivity contribution in [3.8, 4) is 0 Å². The summed E-state index contributed by atoms with van der Waals surface area (Å²) in [5.41, 5.74) is 3.54. The van der Waals surface area contributed by atoms with Gasteiger partial charge in [0.15, 0.2) is 0 Å².